The van der Waals surface area contributed by atoms with Gasteiger partial charge in [0.25, 0.3) is 0 Å². The monoisotopic (exact) mass is 324 g/mol. The van der Waals surface area contributed by atoms with E-state index in [1.807, 2.05) is 0 Å². The van der Waals surface area contributed by atoms with Crippen molar-refractivity contribution in [3.63, 3.8) is 0 Å². The number of nitrogens with zero attached hydrogens (tertiary/aromatic N) is 1. The molecule has 3 N–H and O–H groups in total. The highest BCUT2D eigenvalue weighted by Crippen LogP contribution is 2.28. The first-order valence-electron chi connectivity index (χ1n) is 6.66. The third-order valence-corrected chi connectivity index (χ3v) is 4.08. The van der Waals surface area contributed by atoms with Gasteiger partial charge in [-0.15, -0.1) is 0 Å². The first-order valence-corrected chi connectivity index (χ1v) is 8.23. The number of likely N-dealkylation sites (tertiary alicyclic amines) is 1. The maximum Gasteiger partial charge on any atom is 0.130 e. The van der Waals surface area contributed by atoms with Crippen LogP contribution >= 0.6 is 0 Å². The van der Waals surface area contributed by atoms with Crippen LogP contribution in [0, 0.1) is 0 Å². The van der Waals surface area contributed by atoms with Gasteiger partial charge in [-0.05, 0) is 32.0 Å². The number of hydrogen-bond donors (Lipinski definition) is 2. The van der Waals surface area contributed by atoms with E-state index < -0.39 is 11.3 Å². The van der Waals surface area contributed by atoms with Crippen LogP contribution in [0.2, 0.25) is 0 Å². The Morgan fingerprint density at radius 1 is 1.52 bits per heavy atom. The Kier molecular flexibility index (Phi) is 5.51. The Balaban J connectivity index is 2.22. The summed E-state index contributed by atoms with van der Waals surface area (Å²) in [7, 11) is 5.35. The summed E-state index contributed by atoms with van der Waals surface area (Å²) < 4.78 is 30.1. The van der Waals surface area contributed by atoms with Crippen molar-refractivity contribution in [3.8, 4) is 5.75 Å². The zero-order valence-corrected chi connectivity index (χ0v) is 13.6. The predicted octanol–water partition coefficient (Wildman–Crippen LogP) is -0.0292. The molecular weight excluding hydrogens is 306 g/mol. The molecule has 1 unspecified atom stereocenters. The quantitative estimate of drug-likeness (QED) is 0.586. The third kappa shape index (κ3) is 4.37. The van der Waals surface area contributed by atoms with Gasteiger partial charge in [-0.2, -0.15) is 0 Å². The second kappa shape index (κ2) is 7.17. The van der Waals surface area contributed by atoms with E-state index in [0.29, 0.717) is 22.3 Å². The van der Waals surface area contributed by atoms with Crippen molar-refractivity contribution in [2.75, 3.05) is 24.9 Å². The Morgan fingerprint density at radius 3 is 2.76 bits per heavy atom. The number of benzene rings is 1. The van der Waals surface area contributed by atoms with Crippen molar-refractivity contribution >= 4 is 32.1 Å². The van der Waals surface area contributed by atoms with Gasteiger partial charge in [0.1, 0.15) is 11.9 Å². The molecule has 1 aromatic rings. The van der Waals surface area contributed by atoms with Crippen LogP contribution in [0.3, 0.4) is 0 Å². The van der Waals surface area contributed by atoms with Crippen LogP contribution < -0.4 is 15.2 Å². The Bertz CT molecular complexity index is 547. The normalized spacial score (nSPS) is 18.2. The van der Waals surface area contributed by atoms with E-state index in [2.05, 4.69) is 26.5 Å². The largest absolute Gasteiger partial charge is 0.755 e. The minimum Gasteiger partial charge on any atom is -0.755 e. The minimum absolute atomic E-state index is 0.110. The summed E-state index contributed by atoms with van der Waals surface area (Å²) in [6.45, 7) is 1.96. The van der Waals surface area contributed by atoms with E-state index in [-0.39, 0.29) is 6.10 Å². The topological polar surface area (TPSA) is 90.6 Å². The fraction of sp³-hybridized carbons (Fsp3) is 0.462. The summed E-state index contributed by atoms with van der Waals surface area (Å²) >= 11 is -2.42. The van der Waals surface area contributed by atoms with Crippen LogP contribution in [-0.2, 0) is 11.3 Å². The van der Waals surface area contributed by atoms with E-state index in [1.54, 1.807) is 18.2 Å². The number of hydrogen-bond acceptors (Lipinski definition) is 5. The Labute approximate surface area is 130 Å². The number of nitrogens with one attached hydrogen (secondary N) is 1. The molecule has 2 radical (unpaired) electrons. The van der Waals surface area contributed by atoms with Crippen LogP contribution in [0.1, 0.15) is 18.4 Å². The molecule has 0 amide bonds. The molecule has 0 bridgehead atoms. The Hall–Kier alpha value is -1.22. The fourth-order valence-electron chi connectivity index (χ4n) is 2.36. The van der Waals surface area contributed by atoms with Crippen LogP contribution in [0.25, 0.3) is 0 Å². The van der Waals surface area contributed by atoms with Crippen LogP contribution in [0.5, 0.6) is 5.75 Å². The molecule has 21 heavy (non-hydrogen) atoms. The smallest absolute Gasteiger partial charge is 0.130 e. The average Bonchev–Trinajstić information content (AvgIpc) is 2.40. The summed E-state index contributed by atoms with van der Waals surface area (Å²) in [6.07, 6.45) is 1.98. The molecule has 8 heteroatoms. The maximum atomic E-state index is 10.9. The molecule has 1 aliphatic heterocycles. The molecule has 0 aromatic heterocycles. The molecule has 0 saturated carbocycles. The van der Waals surface area contributed by atoms with E-state index in [1.165, 1.54) is 0 Å². The minimum atomic E-state index is -2.42. The highest BCUT2D eigenvalue weighted by molar-refractivity contribution is 7.80. The molecule has 1 aliphatic rings. The molecule has 0 aliphatic carbocycles. The number of piperidine rings is 1. The average molecular weight is 324 g/mol. The highest BCUT2D eigenvalue weighted by Gasteiger charge is 2.20. The summed E-state index contributed by atoms with van der Waals surface area (Å²) in [4.78, 5) is 2.25. The van der Waals surface area contributed by atoms with Crippen molar-refractivity contribution in [3.05, 3.63) is 23.8 Å². The van der Waals surface area contributed by atoms with Crippen LogP contribution in [0.15, 0.2) is 18.2 Å². The van der Waals surface area contributed by atoms with Crippen LogP contribution in [-0.4, -0.2) is 55.1 Å². The van der Waals surface area contributed by atoms with Gasteiger partial charge in [-0.3, -0.25) is 4.21 Å². The van der Waals surface area contributed by atoms with E-state index >= 15 is 0 Å². The standard InChI is InChI=1S/C13H19N3O3SSi/c1-16-7-5-9(6-8-16)19-11-4-2-3-10(15-20(17)18)12(11)13(14)21/h2-4,9,15H,5-8,14H2,1H3,(H,17,18)/p-1. The molecule has 1 heterocycles. The fourth-order valence-corrected chi connectivity index (χ4v) is 2.97. The second-order valence-electron chi connectivity index (χ2n) is 5.05. The predicted molar refractivity (Wildman–Crippen MR) is 84.2 cm³/mol. The Morgan fingerprint density at radius 2 is 2.19 bits per heavy atom. The first kappa shape index (κ1) is 16.2. The lowest BCUT2D eigenvalue weighted by Gasteiger charge is -2.30. The molecular formula is C13H18N3O3SSi-. The van der Waals surface area contributed by atoms with Gasteiger partial charge in [-0.1, -0.05) is 6.07 Å². The van der Waals surface area contributed by atoms with Crippen molar-refractivity contribution in [1.82, 2.24) is 4.90 Å². The summed E-state index contributed by atoms with van der Waals surface area (Å²) in [6, 6.07) is 5.16. The lowest BCUT2D eigenvalue weighted by atomic mass is 10.1. The van der Waals surface area contributed by atoms with Gasteiger partial charge in [0.15, 0.2) is 0 Å². The molecule has 6 nitrogen and oxygen atoms in total. The maximum absolute atomic E-state index is 10.9. The highest BCUT2D eigenvalue weighted by atomic mass is 32.2. The molecule has 1 saturated heterocycles. The number of anilines is 1. The zero-order valence-electron chi connectivity index (χ0n) is 11.8. The van der Waals surface area contributed by atoms with Gasteiger partial charge >= 0.3 is 0 Å². The van der Waals surface area contributed by atoms with Gasteiger partial charge in [0.2, 0.25) is 0 Å². The second-order valence-corrected chi connectivity index (χ2v) is 6.26. The van der Waals surface area contributed by atoms with Gasteiger partial charge < -0.3 is 24.6 Å². The number of rotatable bonds is 5. The van der Waals surface area contributed by atoms with E-state index in [9.17, 15) is 8.76 Å². The molecule has 0 spiro atoms. The zero-order chi connectivity index (χ0) is 15.4. The van der Waals surface area contributed by atoms with Crippen molar-refractivity contribution in [1.29, 1.82) is 0 Å². The van der Waals surface area contributed by atoms with Gasteiger partial charge in [0, 0.05) is 29.6 Å². The molecule has 2 rings (SSSR count). The van der Waals surface area contributed by atoms with Crippen molar-refractivity contribution < 1.29 is 13.5 Å². The summed E-state index contributed by atoms with van der Waals surface area (Å²) in [5, 5.41) is 0.325. The van der Waals surface area contributed by atoms with E-state index in [0.717, 1.165) is 25.9 Å². The molecule has 1 atom stereocenters. The van der Waals surface area contributed by atoms with Crippen LogP contribution in [0.4, 0.5) is 5.69 Å². The first-order chi connectivity index (χ1) is 9.97. The van der Waals surface area contributed by atoms with Gasteiger partial charge in [-0.25, -0.2) is 0 Å². The van der Waals surface area contributed by atoms with Crippen molar-refractivity contribution in [2.24, 2.45) is 5.73 Å². The van der Waals surface area contributed by atoms with Gasteiger partial charge in [0.05, 0.1) is 21.1 Å². The molecule has 1 aromatic carbocycles. The summed E-state index contributed by atoms with van der Waals surface area (Å²) in [5.41, 5.74) is 6.73. The third-order valence-electron chi connectivity index (χ3n) is 3.45. The number of nitrogens with two attached hydrogens (primary N) is 1. The SMILES string of the molecule is CN1CCC(Oc2cccc(NS(=O)[O-])c2C(N)=[Si])CC1. The van der Waals surface area contributed by atoms with Crippen molar-refractivity contribution in [2.45, 2.75) is 18.9 Å². The molecule has 1 fully saturated rings. The number of ether oxygens (including phenoxy) is 1. The van der Waals surface area contributed by atoms with E-state index in [4.69, 9.17) is 10.5 Å². The summed E-state index contributed by atoms with van der Waals surface area (Å²) in [5.74, 6) is 0.576. The molecule has 114 valence electrons. The lowest BCUT2D eigenvalue weighted by Crippen LogP contribution is -2.36. The lowest BCUT2D eigenvalue weighted by molar-refractivity contribution is 0.114.